The molecular weight excluding hydrogens is 336 g/mol. The average Bonchev–Trinajstić information content (AvgIpc) is 3.22. The summed E-state index contributed by atoms with van der Waals surface area (Å²) in [7, 11) is -3.35. The summed E-state index contributed by atoms with van der Waals surface area (Å²) < 4.78 is 54.8. The first-order valence-electron chi connectivity index (χ1n) is 7.25. The van der Waals surface area contributed by atoms with Gasteiger partial charge in [0.15, 0.2) is 5.03 Å². The van der Waals surface area contributed by atoms with Gasteiger partial charge in [-0.1, -0.05) is 6.42 Å². The normalized spacial score (nSPS) is 20.7. The molecule has 1 aromatic rings. The number of aromatic nitrogens is 2. The standard InChI is InChI=1S/C13H19F2N3O2S.ClH/c1-17-12(9-11(16-17)10-5-6-10)21(19,20)13(14,15)18-7-3-2-4-8-18;/h9-10H,2-8H2,1H3;1H. The Morgan fingerprint density at radius 2 is 1.82 bits per heavy atom. The molecule has 5 nitrogen and oxygen atoms in total. The van der Waals surface area contributed by atoms with Gasteiger partial charge in [0, 0.05) is 26.1 Å². The van der Waals surface area contributed by atoms with E-state index in [1.807, 2.05) is 0 Å². The number of sulfone groups is 1. The van der Waals surface area contributed by atoms with Gasteiger partial charge in [-0.05, 0) is 31.7 Å². The first kappa shape index (κ1) is 17.6. The lowest BCUT2D eigenvalue weighted by Crippen LogP contribution is -2.50. The number of hydrogen-bond acceptors (Lipinski definition) is 4. The fourth-order valence-electron chi connectivity index (χ4n) is 2.75. The molecule has 9 heteroatoms. The van der Waals surface area contributed by atoms with E-state index < -0.39 is 15.2 Å². The Morgan fingerprint density at radius 1 is 1.23 bits per heavy atom. The summed E-state index contributed by atoms with van der Waals surface area (Å²) in [6.07, 6.45) is 3.95. The average molecular weight is 356 g/mol. The summed E-state index contributed by atoms with van der Waals surface area (Å²) in [5, 5.41) is -0.179. The van der Waals surface area contributed by atoms with Gasteiger partial charge in [0.05, 0.1) is 5.69 Å². The highest BCUT2D eigenvalue weighted by molar-refractivity contribution is 7.92. The Morgan fingerprint density at radius 3 is 2.36 bits per heavy atom. The zero-order valence-corrected chi connectivity index (χ0v) is 14.0. The zero-order chi connectivity index (χ0) is 15.3. The monoisotopic (exact) mass is 355 g/mol. The van der Waals surface area contributed by atoms with Gasteiger partial charge >= 0.3 is 5.38 Å². The molecule has 0 bridgehead atoms. The van der Waals surface area contributed by atoms with E-state index >= 15 is 0 Å². The van der Waals surface area contributed by atoms with Crippen molar-refractivity contribution in [2.75, 3.05) is 13.1 Å². The number of rotatable bonds is 4. The number of nitrogens with zero attached hydrogens (tertiary/aromatic N) is 3. The van der Waals surface area contributed by atoms with Gasteiger partial charge in [0.1, 0.15) is 0 Å². The highest BCUT2D eigenvalue weighted by atomic mass is 35.5. The number of halogens is 3. The Labute approximate surface area is 135 Å². The minimum absolute atomic E-state index is 0. The predicted octanol–water partition coefficient (Wildman–Crippen LogP) is 2.53. The number of aryl methyl sites for hydroxylation is 1. The third-order valence-electron chi connectivity index (χ3n) is 4.17. The maximum Gasteiger partial charge on any atom is 0.412 e. The third kappa shape index (κ3) is 2.88. The van der Waals surface area contributed by atoms with Gasteiger partial charge in [-0.25, -0.2) is 13.3 Å². The van der Waals surface area contributed by atoms with E-state index in [9.17, 15) is 17.2 Å². The molecule has 0 radical (unpaired) electrons. The van der Waals surface area contributed by atoms with Crippen molar-refractivity contribution in [2.24, 2.45) is 7.05 Å². The molecule has 3 rings (SSSR count). The van der Waals surface area contributed by atoms with Crippen LogP contribution in [0.3, 0.4) is 0 Å². The zero-order valence-electron chi connectivity index (χ0n) is 12.3. The van der Waals surface area contributed by atoms with Crippen LogP contribution in [0.15, 0.2) is 11.1 Å². The molecule has 1 saturated carbocycles. The number of hydrogen-bond donors (Lipinski definition) is 0. The highest BCUT2D eigenvalue weighted by Crippen LogP contribution is 2.41. The van der Waals surface area contributed by atoms with E-state index in [-0.39, 0.29) is 36.4 Å². The molecule has 2 fully saturated rings. The molecule has 1 aliphatic carbocycles. The third-order valence-corrected chi connectivity index (χ3v) is 6.01. The van der Waals surface area contributed by atoms with Crippen LogP contribution in [-0.2, 0) is 16.9 Å². The molecule has 1 aromatic heterocycles. The largest absolute Gasteiger partial charge is 0.412 e. The molecule has 0 atom stereocenters. The number of likely N-dealkylation sites (tertiary alicyclic amines) is 1. The first-order chi connectivity index (χ1) is 9.84. The second kappa shape index (κ2) is 6.05. The summed E-state index contributed by atoms with van der Waals surface area (Å²) in [4.78, 5) is 0.773. The van der Waals surface area contributed by atoms with Crippen LogP contribution in [0.5, 0.6) is 0 Å². The molecule has 22 heavy (non-hydrogen) atoms. The number of piperidine rings is 1. The van der Waals surface area contributed by atoms with Gasteiger partial charge in [-0.15, -0.1) is 12.4 Å². The lowest BCUT2D eigenvalue weighted by molar-refractivity contribution is -0.0799. The first-order valence-corrected chi connectivity index (χ1v) is 8.74. The van der Waals surface area contributed by atoms with E-state index in [1.54, 1.807) is 0 Å². The quantitative estimate of drug-likeness (QED) is 0.779. The van der Waals surface area contributed by atoms with Crippen molar-refractivity contribution in [3.8, 4) is 0 Å². The van der Waals surface area contributed by atoms with Crippen molar-refractivity contribution in [2.45, 2.75) is 48.4 Å². The fraction of sp³-hybridized carbons (Fsp3) is 0.769. The van der Waals surface area contributed by atoms with E-state index in [4.69, 9.17) is 0 Å². The van der Waals surface area contributed by atoms with Gasteiger partial charge in [-0.3, -0.25) is 4.68 Å². The smallest absolute Gasteiger partial charge is 0.257 e. The van der Waals surface area contributed by atoms with Crippen molar-refractivity contribution in [3.63, 3.8) is 0 Å². The Kier molecular flexibility index (Phi) is 4.85. The van der Waals surface area contributed by atoms with Crippen LogP contribution in [0.2, 0.25) is 0 Å². The van der Waals surface area contributed by atoms with E-state index in [0.29, 0.717) is 18.5 Å². The Bertz CT molecular complexity index is 638. The molecule has 0 aromatic carbocycles. The molecule has 126 valence electrons. The van der Waals surface area contributed by atoms with Crippen LogP contribution >= 0.6 is 12.4 Å². The molecular formula is C13H20ClF2N3O2S. The topological polar surface area (TPSA) is 55.2 Å². The van der Waals surface area contributed by atoms with Crippen molar-refractivity contribution < 1.29 is 17.2 Å². The molecule has 1 aliphatic heterocycles. The SMILES string of the molecule is Cl.Cn1nc(C2CC2)cc1S(=O)(=O)C(F)(F)N1CCCCC1. The van der Waals surface area contributed by atoms with Crippen molar-refractivity contribution in [1.29, 1.82) is 0 Å². The van der Waals surface area contributed by atoms with E-state index in [0.717, 1.165) is 28.8 Å². The maximum absolute atomic E-state index is 14.5. The number of alkyl halides is 2. The van der Waals surface area contributed by atoms with Crippen LogP contribution < -0.4 is 0 Å². The Balaban J connectivity index is 0.00000176. The molecule has 0 unspecified atom stereocenters. The highest BCUT2D eigenvalue weighted by Gasteiger charge is 2.53. The van der Waals surface area contributed by atoms with Gasteiger partial charge in [0.2, 0.25) is 0 Å². The lowest BCUT2D eigenvalue weighted by atomic mass is 10.1. The molecule has 2 heterocycles. The summed E-state index contributed by atoms with van der Waals surface area (Å²) in [5.74, 6) is 0.226. The van der Waals surface area contributed by atoms with Gasteiger partial charge in [-0.2, -0.15) is 13.9 Å². The molecule has 2 aliphatic rings. The second-order valence-electron chi connectivity index (χ2n) is 5.84. The van der Waals surface area contributed by atoms with Crippen molar-refractivity contribution in [3.05, 3.63) is 11.8 Å². The van der Waals surface area contributed by atoms with Crippen LogP contribution in [0.1, 0.15) is 43.7 Å². The molecule has 0 amide bonds. The Hall–Kier alpha value is -0.730. The van der Waals surface area contributed by atoms with Crippen LogP contribution in [0, 0.1) is 0 Å². The minimum Gasteiger partial charge on any atom is -0.257 e. The van der Waals surface area contributed by atoms with Gasteiger partial charge < -0.3 is 0 Å². The maximum atomic E-state index is 14.5. The van der Waals surface area contributed by atoms with Crippen LogP contribution in [-0.4, -0.2) is 41.6 Å². The summed E-state index contributed by atoms with van der Waals surface area (Å²) in [6.45, 7) is 0.221. The lowest BCUT2D eigenvalue weighted by Gasteiger charge is -2.32. The van der Waals surface area contributed by atoms with Crippen molar-refractivity contribution >= 4 is 22.2 Å². The second-order valence-corrected chi connectivity index (χ2v) is 7.76. The van der Waals surface area contributed by atoms with Crippen LogP contribution in [0.25, 0.3) is 0 Å². The minimum atomic E-state index is -4.76. The van der Waals surface area contributed by atoms with E-state index in [1.165, 1.54) is 13.1 Å². The van der Waals surface area contributed by atoms with Gasteiger partial charge in [0.25, 0.3) is 9.84 Å². The summed E-state index contributed by atoms with van der Waals surface area (Å²) >= 11 is 0. The summed E-state index contributed by atoms with van der Waals surface area (Å²) in [6, 6.07) is 1.31. The predicted molar refractivity (Wildman–Crippen MR) is 80.0 cm³/mol. The summed E-state index contributed by atoms with van der Waals surface area (Å²) in [5.41, 5.74) is 0.602. The molecule has 1 saturated heterocycles. The van der Waals surface area contributed by atoms with Crippen LogP contribution in [0.4, 0.5) is 8.78 Å². The molecule has 0 N–H and O–H groups in total. The fourth-order valence-corrected chi connectivity index (χ4v) is 4.19. The van der Waals surface area contributed by atoms with E-state index in [2.05, 4.69) is 5.10 Å². The van der Waals surface area contributed by atoms with Crippen molar-refractivity contribution in [1.82, 2.24) is 14.7 Å². The molecule has 0 spiro atoms.